The predicted molar refractivity (Wildman–Crippen MR) is 81.2 cm³/mol. The number of nitrogens with zero attached hydrogens (tertiary/aromatic N) is 2. The number of nitrogens with one attached hydrogen (secondary N) is 1. The molecule has 1 heterocycles. The van der Waals surface area contributed by atoms with Gasteiger partial charge in [-0.15, -0.1) is 0 Å². The zero-order valence-corrected chi connectivity index (χ0v) is 13.6. The Morgan fingerprint density at radius 2 is 2.05 bits per heavy atom. The summed E-state index contributed by atoms with van der Waals surface area (Å²) in [5.74, 6) is -0.823. The lowest BCUT2D eigenvalue weighted by Gasteiger charge is -2.17. The largest absolute Gasteiger partial charge is 0.340 e. The van der Waals surface area contributed by atoms with Crippen LogP contribution in [0, 0.1) is 0 Å². The van der Waals surface area contributed by atoms with Crippen LogP contribution in [0.2, 0.25) is 0 Å². The van der Waals surface area contributed by atoms with Crippen molar-refractivity contribution in [2.45, 2.75) is 11.8 Å². The molecule has 0 spiro atoms. The SMILES string of the molecule is CCN1C(=O)c2ccc(C(=O)N(C)CCNC)cc2S1(=O)=O. The molecule has 0 saturated heterocycles. The third-order valence-corrected chi connectivity index (χ3v) is 5.48. The summed E-state index contributed by atoms with van der Waals surface area (Å²) >= 11 is 0. The fourth-order valence-corrected chi connectivity index (χ4v) is 3.93. The number of carbonyl (C=O) groups is 2. The first-order chi connectivity index (χ1) is 10.3. The van der Waals surface area contributed by atoms with E-state index in [-0.39, 0.29) is 28.5 Å². The summed E-state index contributed by atoms with van der Waals surface area (Å²) in [7, 11) is -0.417. The first-order valence-electron chi connectivity index (χ1n) is 6.95. The minimum atomic E-state index is -3.84. The standard InChI is InChI=1S/C14H19N3O4S/c1-4-17-14(19)11-6-5-10(9-12(11)22(17,20)21)13(18)16(3)8-7-15-2/h5-6,9,15H,4,7-8H2,1-3H3. The molecule has 2 rings (SSSR count). The highest BCUT2D eigenvalue weighted by atomic mass is 32.2. The van der Waals surface area contributed by atoms with Crippen LogP contribution in [0.5, 0.6) is 0 Å². The monoisotopic (exact) mass is 325 g/mol. The number of benzene rings is 1. The third kappa shape index (κ3) is 2.59. The number of hydrogen-bond donors (Lipinski definition) is 1. The zero-order chi connectivity index (χ0) is 16.5. The van der Waals surface area contributed by atoms with E-state index in [1.165, 1.54) is 23.1 Å². The molecular weight excluding hydrogens is 306 g/mol. The van der Waals surface area contributed by atoms with E-state index in [1.54, 1.807) is 21.0 Å². The Hall–Kier alpha value is -1.93. The summed E-state index contributed by atoms with van der Waals surface area (Å²) in [5, 5.41) is 2.94. The molecule has 2 amide bonds. The van der Waals surface area contributed by atoms with Gasteiger partial charge in [0.2, 0.25) is 0 Å². The van der Waals surface area contributed by atoms with E-state index in [2.05, 4.69) is 5.32 Å². The van der Waals surface area contributed by atoms with Crippen LogP contribution >= 0.6 is 0 Å². The van der Waals surface area contributed by atoms with Crippen LogP contribution in [0.25, 0.3) is 0 Å². The Balaban J connectivity index is 2.38. The number of hydrogen-bond acceptors (Lipinski definition) is 5. The molecule has 0 aromatic heterocycles. The van der Waals surface area contributed by atoms with Crippen molar-refractivity contribution < 1.29 is 18.0 Å². The summed E-state index contributed by atoms with van der Waals surface area (Å²) in [6.07, 6.45) is 0. The van der Waals surface area contributed by atoms with Gasteiger partial charge in [-0.25, -0.2) is 12.7 Å². The maximum atomic E-state index is 12.3. The molecule has 0 atom stereocenters. The average Bonchev–Trinajstić information content (AvgIpc) is 2.70. The minimum absolute atomic E-state index is 0.0706. The van der Waals surface area contributed by atoms with E-state index < -0.39 is 15.9 Å². The summed E-state index contributed by atoms with van der Waals surface area (Å²) in [6.45, 7) is 2.80. The van der Waals surface area contributed by atoms with Crippen LogP contribution in [0.15, 0.2) is 23.1 Å². The zero-order valence-electron chi connectivity index (χ0n) is 12.8. The van der Waals surface area contributed by atoms with Gasteiger partial charge >= 0.3 is 0 Å². The molecule has 0 radical (unpaired) electrons. The Morgan fingerprint density at radius 1 is 1.36 bits per heavy atom. The minimum Gasteiger partial charge on any atom is -0.340 e. The highest BCUT2D eigenvalue weighted by Crippen LogP contribution is 2.30. The van der Waals surface area contributed by atoms with E-state index >= 15 is 0 Å². The molecule has 8 heteroatoms. The Kier molecular flexibility index (Phi) is 4.52. The van der Waals surface area contributed by atoms with E-state index in [0.717, 1.165) is 4.31 Å². The molecule has 120 valence electrons. The summed E-state index contributed by atoms with van der Waals surface area (Å²) in [6, 6.07) is 4.18. The lowest BCUT2D eigenvalue weighted by molar-refractivity contribution is 0.0795. The van der Waals surface area contributed by atoms with Crippen LogP contribution < -0.4 is 5.32 Å². The number of fused-ring (bicyclic) bond motifs is 1. The van der Waals surface area contributed by atoms with E-state index in [0.29, 0.717) is 13.1 Å². The third-order valence-electron chi connectivity index (χ3n) is 3.58. The second-order valence-corrected chi connectivity index (χ2v) is 6.85. The molecule has 0 unspecified atom stereocenters. The van der Waals surface area contributed by atoms with Gasteiger partial charge in [0.25, 0.3) is 21.8 Å². The number of amides is 2. The average molecular weight is 325 g/mol. The highest BCUT2D eigenvalue weighted by molar-refractivity contribution is 7.90. The van der Waals surface area contributed by atoms with Crippen LogP contribution in [0.3, 0.4) is 0 Å². The summed E-state index contributed by atoms with van der Waals surface area (Å²) in [5.41, 5.74) is 0.378. The summed E-state index contributed by atoms with van der Waals surface area (Å²) < 4.78 is 25.4. The second-order valence-electron chi connectivity index (χ2n) is 5.02. The number of sulfonamides is 1. The van der Waals surface area contributed by atoms with Crippen molar-refractivity contribution in [2.75, 3.05) is 33.7 Å². The molecule has 1 N–H and O–H groups in total. The maximum absolute atomic E-state index is 12.3. The van der Waals surface area contributed by atoms with Gasteiger partial charge in [-0.05, 0) is 32.2 Å². The first kappa shape index (κ1) is 16.4. The topological polar surface area (TPSA) is 86.8 Å². The number of carbonyl (C=O) groups excluding carboxylic acids is 2. The Labute approximate surface area is 129 Å². The fourth-order valence-electron chi connectivity index (χ4n) is 2.32. The van der Waals surface area contributed by atoms with Crippen molar-refractivity contribution in [3.63, 3.8) is 0 Å². The summed E-state index contributed by atoms with van der Waals surface area (Å²) in [4.78, 5) is 25.8. The molecule has 22 heavy (non-hydrogen) atoms. The van der Waals surface area contributed by atoms with Crippen LogP contribution in [-0.2, 0) is 10.0 Å². The van der Waals surface area contributed by atoms with Gasteiger partial charge in [0.1, 0.15) is 4.90 Å². The lowest BCUT2D eigenvalue weighted by atomic mass is 10.1. The second kappa shape index (κ2) is 6.05. The molecule has 1 aliphatic heterocycles. The molecular formula is C14H19N3O4S. The molecule has 0 fully saturated rings. The van der Waals surface area contributed by atoms with Crippen molar-refractivity contribution in [2.24, 2.45) is 0 Å². The quantitative estimate of drug-likeness (QED) is 0.832. The Morgan fingerprint density at radius 3 is 2.64 bits per heavy atom. The van der Waals surface area contributed by atoms with Crippen LogP contribution in [0.1, 0.15) is 27.6 Å². The van der Waals surface area contributed by atoms with Gasteiger partial charge in [0.15, 0.2) is 0 Å². The van der Waals surface area contributed by atoms with Gasteiger partial charge in [-0.2, -0.15) is 0 Å². The highest BCUT2D eigenvalue weighted by Gasteiger charge is 2.40. The fraction of sp³-hybridized carbons (Fsp3) is 0.429. The van der Waals surface area contributed by atoms with Crippen LogP contribution in [-0.4, -0.2) is 63.2 Å². The predicted octanol–water partition coefficient (Wildman–Crippen LogP) is 0.142. The van der Waals surface area contributed by atoms with Crippen molar-refractivity contribution in [1.82, 2.24) is 14.5 Å². The Bertz CT molecular complexity index is 715. The lowest BCUT2D eigenvalue weighted by Crippen LogP contribution is -2.32. The molecule has 1 aromatic rings. The van der Waals surface area contributed by atoms with Gasteiger partial charge in [-0.3, -0.25) is 9.59 Å². The normalized spacial score (nSPS) is 15.8. The molecule has 0 bridgehead atoms. The van der Waals surface area contributed by atoms with Gasteiger partial charge in [0.05, 0.1) is 5.56 Å². The van der Waals surface area contributed by atoms with Gasteiger partial charge in [-0.1, -0.05) is 0 Å². The van der Waals surface area contributed by atoms with Crippen molar-refractivity contribution in [3.05, 3.63) is 29.3 Å². The van der Waals surface area contributed by atoms with E-state index in [1.807, 2.05) is 0 Å². The van der Waals surface area contributed by atoms with E-state index in [4.69, 9.17) is 0 Å². The molecule has 0 aliphatic carbocycles. The maximum Gasteiger partial charge on any atom is 0.268 e. The number of likely N-dealkylation sites (N-methyl/N-ethyl adjacent to an activating group) is 2. The van der Waals surface area contributed by atoms with Gasteiger partial charge in [0, 0.05) is 32.2 Å². The van der Waals surface area contributed by atoms with Crippen molar-refractivity contribution >= 4 is 21.8 Å². The molecule has 7 nitrogen and oxygen atoms in total. The molecule has 0 saturated carbocycles. The van der Waals surface area contributed by atoms with Crippen molar-refractivity contribution in [3.8, 4) is 0 Å². The van der Waals surface area contributed by atoms with Crippen molar-refractivity contribution in [1.29, 1.82) is 0 Å². The first-order valence-corrected chi connectivity index (χ1v) is 8.39. The van der Waals surface area contributed by atoms with Gasteiger partial charge < -0.3 is 10.2 Å². The molecule has 1 aliphatic rings. The smallest absolute Gasteiger partial charge is 0.268 e. The van der Waals surface area contributed by atoms with E-state index in [9.17, 15) is 18.0 Å². The number of rotatable bonds is 5. The molecule has 1 aromatic carbocycles. The van der Waals surface area contributed by atoms with Crippen LogP contribution in [0.4, 0.5) is 0 Å².